The normalized spacial score (nSPS) is 16.0. The second-order valence-corrected chi connectivity index (χ2v) is 8.55. The van der Waals surface area contributed by atoms with Crippen molar-refractivity contribution in [1.82, 2.24) is 4.31 Å². The lowest BCUT2D eigenvalue weighted by Crippen LogP contribution is -2.40. The van der Waals surface area contributed by atoms with Gasteiger partial charge in [-0.25, -0.2) is 8.42 Å². The van der Waals surface area contributed by atoms with E-state index in [4.69, 9.17) is 0 Å². The molecule has 8 nitrogen and oxygen atoms in total. The summed E-state index contributed by atoms with van der Waals surface area (Å²) in [6.45, 7) is 0.489. The number of benzene rings is 2. The first-order valence-corrected chi connectivity index (χ1v) is 10.6. The van der Waals surface area contributed by atoms with Crippen LogP contribution in [0.4, 0.5) is 11.4 Å². The minimum Gasteiger partial charge on any atom is -0.326 e. The molecule has 2 aromatic carbocycles. The van der Waals surface area contributed by atoms with Crippen LogP contribution < -0.4 is 5.32 Å². The maximum Gasteiger partial charge on any atom is 0.271 e. The lowest BCUT2D eigenvalue weighted by atomic mass is 9.97. The average Bonchev–Trinajstić information content (AvgIpc) is 2.73. The monoisotopic (exact) mass is 415 g/mol. The molecule has 2 aromatic rings. The van der Waals surface area contributed by atoms with Crippen LogP contribution in [0.15, 0.2) is 60.0 Å². The van der Waals surface area contributed by atoms with Crippen molar-refractivity contribution in [2.75, 3.05) is 18.4 Å². The molecule has 0 spiro atoms. The van der Waals surface area contributed by atoms with Gasteiger partial charge in [0.05, 0.1) is 4.92 Å². The predicted molar refractivity (Wildman–Crippen MR) is 110 cm³/mol. The summed E-state index contributed by atoms with van der Waals surface area (Å²) in [6, 6.07) is 14.9. The SMILES string of the molecule is O=C(Nc1cccc([N+](=O)[O-])c1)C1CCN(S(=O)(=O)/C=C/c2ccccc2)CC1. The number of anilines is 1. The van der Waals surface area contributed by atoms with E-state index in [1.54, 1.807) is 12.1 Å². The molecule has 0 atom stereocenters. The Hall–Kier alpha value is -3.04. The van der Waals surface area contributed by atoms with E-state index < -0.39 is 14.9 Å². The highest BCUT2D eigenvalue weighted by Crippen LogP contribution is 2.23. The highest BCUT2D eigenvalue weighted by molar-refractivity contribution is 7.92. The Bertz CT molecular complexity index is 1010. The van der Waals surface area contributed by atoms with Crippen molar-refractivity contribution in [2.24, 2.45) is 5.92 Å². The minimum atomic E-state index is -3.56. The van der Waals surface area contributed by atoms with Gasteiger partial charge in [0.1, 0.15) is 0 Å². The second-order valence-electron chi connectivity index (χ2n) is 6.73. The Morgan fingerprint density at radius 1 is 1.10 bits per heavy atom. The van der Waals surface area contributed by atoms with E-state index >= 15 is 0 Å². The van der Waals surface area contributed by atoms with Crippen LogP contribution in [0, 0.1) is 16.0 Å². The molecule has 1 aliphatic rings. The molecule has 0 unspecified atom stereocenters. The molecule has 0 bridgehead atoms. The van der Waals surface area contributed by atoms with Crippen molar-refractivity contribution in [3.05, 3.63) is 75.7 Å². The van der Waals surface area contributed by atoms with Gasteiger partial charge in [0.25, 0.3) is 5.69 Å². The van der Waals surface area contributed by atoms with Crippen LogP contribution in [-0.2, 0) is 14.8 Å². The van der Waals surface area contributed by atoms with Gasteiger partial charge in [0.2, 0.25) is 15.9 Å². The van der Waals surface area contributed by atoms with Crippen LogP contribution in [0.3, 0.4) is 0 Å². The third-order valence-corrected chi connectivity index (χ3v) is 6.31. The molecule has 1 saturated heterocycles. The first-order valence-electron chi connectivity index (χ1n) is 9.14. The maximum atomic E-state index is 12.5. The van der Waals surface area contributed by atoms with E-state index in [0.717, 1.165) is 5.56 Å². The van der Waals surface area contributed by atoms with E-state index in [9.17, 15) is 23.3 Å². The van der Waals surface area contributed by atoms with Crippen LogP contribution >= 0.6 is 0 Å². The number of nitrogens with zero attached hydrogens (tertiary/aromatic N) is 2. The summed E-state index contributed by atoms with van der Waals surface area (Å²) in [4.78, 5) is 22.8. The first-order chi connectivity index (χ1) is 13.8. The summed E-state index contributed by atoms with van der Waals surface area (Å²) in [5.74, 6) is -0.610. The number of piperidine rings is 1. The van der Waals surface area contributed by atoms with Crippen molar-refractivity contribution in [3.8, 4) is 0 Å². The largest absolute Gasteiger partial charge is 0.326 e. The van der Waals surface area contributed by atoms with Gasteiger partial charge in [-0.05, 0) is 30.5 Å². The molecule has 152 valence electrons. The molecule has 0 saturated carbocycles. The van der Waals surface area contributed by atoms with Gasteiger partial charge in [-0.3, -0.25) is 14.9 Å². The molecule has 1 fully saturated rings. The van der Waals surface area contributed by atoms with Gasteiger partial charge in [-0.15, -0.1) is 0 Å². The van der Waals surface area contributed by atoms with Crippen molar-refractivity contribution in [1.29, 1.82) is 0 Å². The number of nitro groups is 1. The van der Waals surface area contributed by atoms with Crippen LogP contribution in [0.25, 0.3) is 6.08 Å². The van der Waals surface area contributed by atoms with Crippen LogP contribution in [0.1, 0.15) is 18.4 Å². The van der Waals surface area contributed by atoms with Crippen molar-refractivity contribution >= 4 is 33.4 Å². The van der Waals surface area contributed by atoms with Gasteiger partial charge in [0.15, 0.2) is 0 Å². The highest BCUT2D eigenvalue weighted by atomic mass is 32.2. The van der Waals surface area contributed by atoms with Crippen molar-refractivity contribution in [3.63, 3.8) is 0 Å². The van der Waals surface area contributed by atoms with Gasteiger partial charge in [0, 0.05) is 42.2 Å². The molecule has 0 radical (unpaired) electrons. The minimum absolute atomic E-state index is 0.103. The van der Waals surface area contributed by atoms with Crippen molar-refractivity contribution in [2.45, 2.75) is 12.8 Å². The van der Waals surface area contributed by atoms with E-state index in [0.29, 0.717) is 18.5 Å². The average molecular weight is 415 g/mol. The van der Waals surface area contributed by atoms with Gasteiger partial charge >= 0.3 is 0 Å². The molecule has 3 rings (SSSR count). The number of hydrogen-bond acceptors (Lipinski definition) is 5. The third-order valence-electron chi connectivity index (χ3n) is 4.74. The van der Waals surface area contributed by atoms with Gasteiger partial charge < -0.3 is 5.32 Å². The molecule has 1 aliphatic heterocycles. The van der Waals surface area contributed by atoms with E-state index in [1.165, 1.54) is 27.9 Å². The summed E-state index contributed by atoms with van der Waals surface area (Å²) in [5.41, 5.74) is 1.04. The molecule has 1 heterocycles. The van der Waals surface area contributed by atoms with Crippen LogP contribution in [0.5, 0.6) is 0 Å². The Morgan fingerprint density at radius 2 is 1.79 bits per heavy atom. The van der Waals surface area contributed by atoms with Gasteiger partial charge in [-0.2, -0.15) is 4.31 Å². The van der Waals surface area contributed by atoms with E-state index in [-0.39, 0.29) is 30.6 Å². The standard InChI is InChI=1S/C20H21N3O5S/c24-20(21-18-7-4-8-19(15-18)23(25)26)17-9-12-22(13-10-17)29(27,28)14-11-16-5-2-1-3-6-16/h1-8,11,14-15,17H,9-10,12-13H2,(H,21,24)/b14-11+. The number of carbonyl (C=O) groups is 1. The predicted octanol–water partition coefficient (Wildman–Crippen LogP) is 3.25. The molecule has 9 heteroatoms. The maximum absolute atomic E-state index is 12.5. The molecule has 29 heavy (non-hydrogen) atoms. The fourth-order valence-corrected chi connectivity index (χ4v) is 4.35. The van der Waals surface area contributed by atoms with E-state index in [2.05, 4.69) is 5.32 Å². The number of non-ortho nitro benzene ring substituents is 1. The topological polar surface area (TPSA) is 110 Å². The van der Waals surface area contributed by atoms with Crippen LogP contribution in [0.2, 0.25) is 0 Å². The molecular weight excluding hydrogens is 394 g/mol. The van der Waals surface area contributed by atoms with Crippen LogP contribution in [-0.4, -0.2) is 36.6 Å². The Morgan fingerprint density at radius 3 is 2.45 bits per heavy atom. The number of nitrogens with one attached hydrogen (secondary N) is 1. The number of nitro benzene ring substituents is 1. The van der Waals surface area contributed by atoms with Gasteiger partial charge in [-0.1, -0.05) is 36.4 Å². The second kappa shape index (κ2) is 8.97. The summed E-state index contributed by atoms with van der Waals surface area (Å²) >= 11 is 0. The zero-order valence-electron chi connectivity index (χ0n) is 15.6. The van der Waals surface area contributed by atoms with Crippen molar-refractivity contribution < 1.29 is 18.1 Å². The summed E-state index contributed by atoms with van der Waals surface area (Å²) < 4.78 is 26.4. The number of sulfonamides is 1. The quantitative estimate of drug-likeness (QED) is 0.575. The molecular formula is C20H21N3O5S. The zero-order chi connectivity index (χ0) is 20.9. The number of amides is 1. The lowest BCUT2D eigenvalue weighted by Gasteiger charge is -2.29. The Balaban J connectivity index is 1.57. The summed E-state index contributed by atoms with van der Waals surface area (Å²) in [5, 5.41) is 14.7. The number of hydrogen-bond donors (Lipinski definition) is 1. The number of carbonyl (C=O) groups excluding carboxylic acids is 1. The number of rotatable bonds is 6. The van der Waals surface area contributed by atoms with E-state index in [1.807, 2.05) is 30.3 Å². The third kappa shape index (κ3) is 5.49. The molecule has 1 amide bonds. The highest BCUT2D eigenvalue weighted by Gasteiger charge is 2.30. The summed E-state index contributed by atoms with van der Waals surface area (Å²) in [6.07, 6.45) is 2.33. The Labute approximate surface area is 169 Å². The first kappa shape index (κ1) is 20.7. The fourth-order valence-electron chi connectivity index (χ4n) is 3.13. The molecule has 0 aromatic heterocycles. The zero-order valence-corrected chi connectivity index (χ0v) is 16.4. The lowest BCUT2D eigenvalue weighted by molar-refractivity contribution is -0.384. The molecule has 0 aliphatic carbocycles. The Kier molecular flexibility index (Phi) is 6.40. The summed E-state index contributed by atoms with van der Waals surface area (Å²) in [7, 11) is -3.56. The molecule has 1 N–H and O–H groups in total. The smallest absolute Gasteiger partial charge is 0.271 e. The fraction of sp³-hybridized carbons (Fsp3) is 0.250.